The highest BCUT2D eigenvalue weighted by molar-refractivity contribution is 7.99. The van der Waals surface area contributed by atoms with Crippen molar-refractivity contribution in [3.63, 3.8) is 0 Å². The molecule has 0 radical (unpaired) electrons. The lowest BCUT2D eigenvalue weighted by Crippen LogP contribution is -2.12. The molecule has 1 atom stereocenters. The quantitative estimate of drug-likeness (QED) is 0.831. The molecule has 2 aromatic rings. The minimum atomic E-state index is -0.825. The molecule has 0 bridgehead atoms. The zero-order chi connectivity index (χ0) is 14.5. The van der Waals surface area contributed by atoms with Gasteiger partial charge in [0.25, 0.3) is 0 Å². The molecule has 4 heteroatoms. The lowest BCUT2D eigenvalue weighted by atomic mass is 10.1. The molecule has 0 aliphatic heterocycles. The number of hydrogen-bond acceptors (Lipinski definition) is 2. The predicted molar refractivity (Wildman–Crippen MR) is 79.8 cm³/mol. The van der Waals surface area contributed by atoms with E-state index in [1.807, 2.05) is 12.1 Å². The van der Waals surface area contributed by atoms with E-state index in [4.69, 9.17) is 5.73 Å². The third-order valence-electron chi connectivity index (χ3n) is 3.14. The second kappa shape index (κ2) is 6.86. The summed E-state index contributed by atoms with van der Waals surface area (Å²) >= 11 is 1.42. The van der Waals surface area contributed by atoms with Crippen LogP contribution in [-0.2, 0) is 6.42 Å². The molecule has 1 nitrogen and oxygen atoms in total. The smallest absolute Gasteiger partial charge is 0.159 e. The Morgan fingerprint density at radius 3 is 2.35 bits per heavy atom. The maximum Gasteiger partial charge on any atom is 0.159 e. The zero-order valence-corrected chi connectivity index (χ0v) is 12.1. The van der Waals surface area contributed by atoms with E-state index in [0.29, 0.717) is 10.6 Å². The fourth-order valence-corrected chi connectivity index (χ4v) is 2.76. The van der Waals surface area contributed by atoms with E-state index in [-0.39, 0.29) is 6.04 Å². The number of nitrogens with two attached hydrogens (primary N) is 1. The van der Waals surface area contributed by atoms with Gasteiger partial charge in [-0.3, -0.25) is 0 Å². The molecule has 106 valence electrons. The van der Waals surface area contributed by atoms with E-state index < -0.39 is 11.6 Å². The summed E-state index contributed by atoms with van der Waals surface area (Å²) in [4.78, 5) is 0.685. The molecule has 1 unspecified atom stereocenters. The van der Waals surface area contributed by atoms with E-state index in [2.05, 4.69) is 19.1 Å². The average Bonchev–Trinajstić information content (AvgIpc) is 2.48. The fourth-order valence-electron chi connectivity index (χ4n) is 1.85. The number of halogens is 2. The molecule has 2 N–H and O–H groups in total. The van der Waals surface area contributed by atoms with Crippen LogP contribution in [0.1, 0.15) is 24.1 Å². The molecule has 0 saturated carbocycles. The maximum atomic E-state index is 13.1. The summed E-state index contributed by atoms with van der Waals surface area (Å²) in [7, 11) is 0. The summed E-state index contributed by atoms with van der Waals surface area (Å²) in [5.41, 5.74) is 8.44. The van der Waals surface area contributed by atoms with Gasteiger partial charge in [0.1, 0.15) is 0 Å². The van der Waals surface area contributed by atoms with Crippen molar-refractivity contribution in [2.75, 3.05) is 5.75 Å². The number of aryl methyl sites for hydroxylation is 1. The van der Waals surface area contributed by atoms with Crippen molar-refractivity contribution in [2.24, 2.45) is 5.73 Å². The van der Waals surface area contributed by atoms with Crippen molar-refractivity contribution >= 4 is 11.8 Å². The highest BCUT2D eigenvalue weighted by atomic mass is 32.2. The van der Waals surface area contributed by atoms with Crippen molar-refractivity contribution in [2.45, 2.75) is 24.3 Å². The third kappa shape index (κ3) is 3.81. The van der Waals surface area contributed by atoms with Gasteiger partial charge in [-0.15, -0.1) is 11.8 Å². The Hall–Kier alpha value is -1.39. The normalized spacial score (nSPS) is 12.4. The van der Waals surface area contributed by atoms with Gasteiger partial charge in [0, 0.05) is 16.7 Å². The first-order valence-electron chi connectivity index (χ1n) is 6.52. The second-order valence-corrected chi connectivity index (χ2v) is 5.68. The van der Waals surface area contributed by atoms with Crippen molar-refractivity contribution in [3.05, 3.63) is 65.2 Å². The zero-order valence-electron chi connectivity index (χ0n) is 11.3. The minimum absolute atomic E-state index is 0.126. The average molecular weight is 293 g/mol. The molecule has 0 aliphatic rings. The largest absolute Gasteiger partial charge is 0.323 e. The Bertz CT molecular complexity index is 569. The molecule has 2 rings (SSSR count). The van der Waals surface area contributed by atoms with Crippen LogP contribution in [-0.4, -0.2) is 5.75 Å². The van der Waals surface area contributed by atoms with Crippen LogP contribution in [0.5, 0.6) is 0 Å². The van der Waals surface area contributed by atoms with Gasteiger partial charge in [-0.05, 0) is 35.7 Å². The van der Waals surface area contributed by atoms with Crippen molar-refractivity contribution in [1.82, 2.24) is 0 Å². The lowest BCUT2D eigenvalue weighted by Gasteiger charge is -2.12. The van der Waals surface area contributed by atoms with Gasteiger partial charge >= 0.3 is 0 Å². The number of thioether (sulfide) groups is 1. The predicted octanol–water partition coefficient (Wildman–Crippen LogP) is 4.32. The van der Waals surface area contributed by atoms with E-state index >= 15 is 0 Å². The van der Waals surface area contributed by atoms with E-state index in [1.54, 1.807) is 6.07 Å². The minimum Gasteiger partial charge on any atom is -0.323 e. The van der Waals surface area contributed by atoms with Crippen LogP contribution in [0.25, 0.3) is 0 Å². The van der Waals surface area contributed by atoms with Gasteiger partial charge in [0.2, 0.25) is 0 Å². The van der Waals surface area contributed by atoms with Crippen LogP contribution >= 0.6 is 11.8 Å². The fraction of sp³-hybridized carbons (Fsp3) is 0.250. The molecule has 0 aliphatic carbocycles. The SMILES string of the molecule is CCc1ccc(C(N)CSc2ccc(F)c(F)c2)cc1. The summed E-state index contributed by atoms with van der Waals surface area (Å²) in [5.74, 6) is -1.03. The molecule has 0 spiro atoms. The van der Waals surface area contributed by atoms with Gasteiger partial charge < -0.3 is 5.73 Å². The molecule has 0 aromatic heterocycles. The Balaban J connectivity index is 1.96. The molecule has 0 heterocycles. The molecular weight excluding hydrogens is 276 g/mol. The van der Waals surface area contributed by atoms with Gasteiger partial charge in [0.15, 0.2) is 11.6 Å². The highest BCUT2D eigenvalue weighted by Crippen LogP contribution is 2.25. The van der Waals surface area contributed by atoms with E-state index in [1.165, 1.54) is 23.4 Å². The van der Waals surface area contributed by atoms with Crippen molar-refractivity contribution < 1.29 is 8.78 Å². The van der Waals surface area contributed by atoms with Crippen molar-refractivity contribution in [3.8, 4) is 0 Å². The van der Waals surface area contributed by atoms with Crippen LogP contribution in [0.4, 0.5) is 8.78 Å². The standard InChI is InChI=1S/C16H17F2NS/c1-2-11-3-5-12(6-4-11)16(19)10-20-13-7-8-14(17)15(18)9-13/h3-9,16H,2,10,19H2,1H3. The van der Waals surface area contributed by atoms with Crippen LogP contribution < -0.4 is 5.73 Å². The number of rotatable bonds is 5. The monoisotopic (exact) mass is 293 g/mol. The molecule has 2 aromatic carbocycles. The highest BCUT2D eigenvalue weighted by Gasteiger charge is 2.08. The lowest BCUT2D eigenvalue weighted by molar-refractivity contribution is 0.506. The first-order chi connectivity index (χ1) is 9.60. The van der Waals surface area contributed by atoms with Crippen LogP contribution in [0, 0.1) is 11.6 Å². The Kier molecular flexibility index (Phi) is 5.15. The van der Waals surface area contributed by atoms with Crippen LogP contribution in [0.2, 0.25) is 0 Å². The maximum absolute atomic E-state index is 13.1. The molecule has 0 fully saturated rings. The van der Waals surface area contributed by atoms with E-state index in [9.17, 15) is 8.78 Å². The van der Waals surface area contributed by atoms with Gasteiger partial charge in [-0.25, -0.2) is 8.78 Å². The summed E-state index contributed by atoms with van der Waals surface area (Å²) in [5, 5.41) is 0. The van der Waals surface area contributed by atoms with Crippen LogP contribution in [0.15, 0.2) is 47.4 Å². The third-order valence-corrected chi connectivity index (χ3v) is 4.25. The Morgan fingerprint density at radius 1 is 1.05 bits per heavy atom. The summed E-state index contributed by atoms with van der Waals surface area (Å²) in [6, 6.07) is 12.0. The first kappa shape index (κ1) is 15.0. The molecule has 20 heavy (non-hydrogen) atoms. The van der Waals surface area contributed by atoms with Crippen molar-refractivity contribution in [1.29, 1.82) is 0 Å². The summed E-state index contributed by atoms with van der Waals surface area (Å²) in [6.07, 6.45) is 0.999. The second-order valence-electron chi connectivity index (χ2n) is 4.59. The molecule has 0 amide bonds. The number of hydrogen-bond donors (Lipinski definition) is 1. The summed E-state index contributed by atoms with van der Waals surface area (Å²) in [6.45, 7) is 2.11. The van der Waals surface area contributed by atoms with E-state index in [0.717, 1.165) is 18.1 Å². The van der Waals surface area contributed by atoms with Gasteiger partial charge in [-0.2, -0.15) is 0 Å². The Labute approximate surface area is 122 Å². The van der Waals surface area contributed by atoms with Gasteiger partial charge in [-0.1, -0.05) is 31.2 Å². The topological polar surface area (TPSA) is 26.0 Å². The number of benzene rings is 2. The van der Waals surface area contributed by atoms with Crippen LogP contribution in [0.3, 0.4) is 0 Å². The van der Waals surface area contributed by atoms with Gasteiger partial charge in [0.05, 0.1) is 0 Å². The Morgan fingerprint density at radius 2 is 1.75 bits per heavy atom. The summed E-state index contributed by atoms with van der Waals surface area (Å²) < 4.78 is 25.9. The molecular formula is C16H17F2NS. The first-order valence-corrected chi connectivity index (χ1v) is 7.51. The molecule has 0 saturated heterocycles.